The maximum atomic E-state index is 12.7. The van der Waals surface area contributed by atoms with Gasteiger partial charge in [-0.3, -0.25) is 4.79 Å². The second-order valence-corrected chi connectivity index (χ2v) is 5.98. The van der Waals surface area contributed by atoms with Crippen LogP contribution in [0, 0.1) is 11.8 Å². The van der Waals surface area contributed by atoms with Crippen molar-refractivity contribution < 1.29 is 4.79 Å². The number of nitrogens with one attached hydrogen (secondary N) is 1. The van der Waals surface area contributed by atoms with Crippen LogP contribution in [0.5, 0.6) is 0 Å². The third-order valence-electron chi connectivity index (χ3n) is 4.35. The highest BCUT2D eigenvalue weighted by Crippen LogP contribution is 2.34. The van der Waals surface area contributed by atoms with Gasteiger partial charge in [0.1, 0.15) is 0 Å². The summed E-state index contributed by atoms with van der Waals surface area (Å²) in [6, 6.07) is 8.66. The van der Waals surface area contributed by atoms with Crippen LogP contribution >= 0.6 is 0 Å². The molecule has 1 aliphatic rings. The summed E-state index contributed by atoms with van der Waals surface area (Å²) in [5, 5.41) is 3.51. The van der Waals surface area contributed by atoms with Crippen molar-refractivity contribution in [3.63, 3.8) is 0 Å². The zero-order chi connectivity index (χ0) is 14.7. The van der Waals surface area contributed by atoms with Crippen LogP contribution < -0.4 is 10.2 Å². The molecule has 1 aromatic carbocycles. The second-order valence-electron chi connectivity index (χ2n) is 5.98. The number of carbonyl (C=O) groups excluding carboxylic acids is 1. The quantitative estimate of drug-likeness (QED) is 0.913. The van der Waals surface area contributed by atoms with Crippen molar-refractivity contribution in [2.45, 2.75) is 40.2 Å². The predicted octanol–water partition coefficient (Wildman–Crippen LogP) is 3.37. The molecule has 1 heterocycles. The van der Waals surface area contributed by atoms with Crippen LogP contribution in [0.15, 0.2) is 24.3 Å². The van der Waals surface area contributed by atoms with Gasteiger partial charge in [-0.25, -0.2) is 0 Å². The number of para-hydroxylation sites is 1. The lowest BCUT2D eigenvalue weighted by Gasteiger charge is -2.36. The first-order chi connectivity index (χ1) is 9.56. The van der Waals surface area contributed by atoms with Crippen molar-refractivity contribution >= 4 is 11.6 Å². The second kappa shape index (κ2) is 6.40. The number of amides is 1. The fourth-order valence-electron chi connectivity index (χ4n) is 2.78. The van der Waals surface area contributed by atoms with Crippen LogP contribution in [0.25, 0.3) is 0 Å². The summed E-state index contributed by atoms with van der Waals surface area (Å²) < 4.78 is 0. The maximum Gasteiger partial charge on any atom is 0.230 e. The molecule has 2 unspecified atom stereocenters. The van der Waals surface area contributed by atoms with Crippen LogP contribution in [0.3, 0.4) is 0 Å². The summed E-state index contributed by atoms with van der Waals surface area (Å²) in [5.41, 5.74) is 2.34. The lowest BCUT2D eigenvalue weighted by molar-refractivity contribution is -0.123. The van der Waals surface area contributed by atoms with E-state index in [1.165, 1.54) is 5.56 Å². The lowest BCUT2D eigenvalue weighted by atomic mass is 9.92. The molecular weight excluding hydrogens is 248 g/mol. The van der Waals surface area contributed by atoms with E-state index < -0.39 is 0 Å². The Morgan fingerprint density at radius 2 is 2.05 bits per heavy atom. The molecule has 0 saturated carbocycles. The normalized spacial score (nSPS) is 19.9. The van der Waals surface area contributed by atoms with Gasteiger partial charge in [-0.2, -0.15) is 0 Å². The smallest absolute Gasteiger partial charge is 0.230 e. The third kappa shape index (κ3) is 2.88. The molecule has 20 heavy (non-hydrogen) atoms. The molecule has 0 radical (unpaired) electrons. The summed E-state index contributed by atoms with van der Waals surface area (Å²) in [6.45, 7) is 10.1. The molecular formula is C17H26N2O. The Morgan fingerprint density at radius 1 is 1.35 bits per heavy atom. The number of carbonyl (C=O) groups is 1. The highest BCUT2D eigenvalue weighted by molar-refractivity contribution is 5.96. The molecule has 110 valence electrons. The van der Waals surface area contributed by atoms with Gasteiger partial charge in [0.15, 0.2) is 0 Å². The van der Waals surface area contributed by atoms with E-state index in [1.807, 2.05) is 17.9 Å². The molecule has 0 saturated heterocycles. The van der Waals surface area contributed by atoms with Gasteiger partial charge < -0.3 is 10.2 Å². The first-order valence-electron chi connectivity index (χ1n) is 7.70. The van der Waals surface area contributed by atoms with Gasteiger partial charge in [-0.05, 0) is 30.5 Å². The first-order valence-corrected chi connectivity index (χ1v) is 7.70. The topological polar surface area (TPSA) is 32.3 Å². The number of fused-ring (bicyclic) bond motifs is 1. The van der Waals surface area contributed by atoms with Crippen LogP contribution in [-0.4, -0.2) is 19.0 Å². The fraction of sp³-hybridized carbons (Fsp3) is 0.588. The Morgan fingerprint density at radius 3 is 2.70 bits per heavy atom. The van der Waals surface area contributed by atoms with Gasteiger partial charge in [0.25, 0.3) is 0 Å². The molecule has 2 rings (SSSR count). The average Bonchev–Trinajstić information content (AvgIpc) is 2.46. The largest absolute Gasteiger partial charge is 0.312 e. The zero-order valence-corrected chi connectivity index (χ0v) is 13.0. The predicted molar refractivity (Wildman–Crippen MR) is 83.8 cm³/mol. The molecule has 2 atom stereocenters. The van der Waals surface area contributed by atoms with Gasteiger partial charge >= 0.3 is 0 Å². The van der Waals surface area contributed by atoms with E-state index >= 15 is 0 Å². The van der Waals surface area contributed by atoms with Crippen molar-refractivity contribution in [2.75, 3.05) is 18.0 Å². The van der Waals surface area contributed by atoms with E-state index in [1.54, 1.807) is 0 Å². The number of hydrogen-bond acceptors (Lipinski definition) is 2. The summed E-state index contributed by atoms with van der Waals surface area (Å²) in [6.07, 6.45) is 0.988. The van der Waals surface area contributed by atoms with E-state index in [9.17, 15) is 4.79 Å². The summed E-state index contributed by atoms with van der Waals surface area (Å²) >= 11 is 0. The Balaban J connectivity index is 2.29. The summed E-state index contributed by atoms with van der Waals surface area (Å²) in [7, 11) is 0. The van der Waals surface area contributed by atoms with Crippen molar-refractivity contribution in [3.05, 3.63) is 29.8 Å². The fourth-order valence-corrected chi connectivity index (χ4v) is 2.78. The number of rotatable bonds is 4. The first kappa shape index (κ1) is 15.0. The average molecular weight is 274 g/mol. The van der Waals surface area contributed by atoms with Crippen molar-refractivity contribution in [1.82, 2.24) is 5.32 Å². The number of anilines is 1. The monoisotopic (exact) mass is 274 g/mol. The SMILES string of the molecule is CCNC1CCN(C(=O)C(C)C(C)C)c2ccccc21. The molecule has 0 fully saturated rings. The van der Waals surface area contributed by atoms with Crippen LogP contribution in [0.1, 0.15) is 45.7 Å². The number of hydrogen-bond donors (Lipinski definition) is 1. The Labute approximate surface area is 122 Å². The van der Waals surface area contributed by atoms with E-state index in [0.29, 0.717) is 12.0 Å². The molecule has 0 aromatic heterocycles. The van der Waals surface area contributed by atoms with E-state index in [0.717, 1.165) is 25.2 Å². The summed E-state index contributed by atoms with van der Waals surface area (Å²) in [4.78, 5) is 14.7. The van der Waals surface area contributed by atoms with Gasteiger partial charge in [-0.1, -0.05) is 45.9 Å². The highest BCUT2D eigenvalue weighted by Gasteiger charge is 2.30. The van der Waals surface area contributed by atoms with Gasteiger partial charge in [0.05, 0.1) is 0 Å². The maximum absolute atomic E-state index is 12.7. The van der Waals surface area contributed by atoms with Crippen LogP contribution in [-0.2, 0) is 4.79 Å². The minimum absolute atomic E-state index is 0.0683. The van der Waals surface area contributed by atoms with Gasteiger partial charge in [0.2, 0.25) is 5.91 Å². The molecule has 0 bridgehead atoms. The van der Waals surface area contributed by atoms with Gasteiger partial charge in [0, 0.05) is 24.2 Å². The van der Waals surface area contributed by atoms with Crippen molar-refractivity contribution in [3.8, 4) is 0 Å². The molecule has 1 aliphatic heterocycles. The van der Waals surface area contributed by atoms with Crippen LogP contribution in [0.4, 0.5) is 5.69 Å². The number of nitrogens with zero attached hydrogens (tertiary/aromatic N) is 1. The molecule has 1 aromatic rings. The van der Waals surface area contributed by atoms with Crippen LogP contribution in [0.2, 0.25) is 0 Å². The van der Waals surface area contributed by atoms with E-state index in [2.05, 4.69) is 44.3 Å². The minimum Gasteiger partial charge on any atom is -0.312 e. The molecule has 1 amide bonds. The van der Waals surface area contributed by atoms with E-state index in [-0.39, 0.29) is 11.8 Å². The molecule has 1 N–H and O–H groups in total. The van der Waals surface area contributed by atoms with E-state index in [4.69, 9.17) is 0 Å². The lowest BCUT2D eigenvalue weighted by Crippen LogP contribution is -2.43. The van der Waals surface area contributed by atoms with Crippen molar-refractivity contribution in [1.29, 1.82) is 0 Å². The standard InChI is InChI=1S/C17H26N2O/c1-5-18-15-10-11-19(17(20)13(4)12(2)3)16-9-7-6-8-14(15)16/h6-9,12-13,15,18H,5,10-11H2,1-4H3. The Bertz CT molecular complexity index is 470. The number of benzene rings is 1. The molecule has 3 nitrogen and oxygen atoms in total. The Kier molecular flexibility index (Phi) is 4.81. The zero-order valence-electron chi connectivity index (χ0n) is 13.0. The molecule has 3 heteroatoms. The van der Waals surface area contributed by atoms with Crippen molar-refractivity contribution in [2.24, 2.45) is 11.8 Å². The highest BCUT2D eigenvalue weighted by atomic mass is 16.2. The summed E-state index contributed by atoms with van der Waals surface area (Å²) in [5.74, 6) is 0.697. The molecule has 0 spiro atoms. The third-order valence-corrected chi connectivity index (χ3v) is 4.35. The van der Waals surface area contributed by atoms with Gasteiger partial charge in [-0.15, -0.1) is 0 Å². The molecule has 0 aliphatic carbocycles. The minimum atomic E-state index is 0.0683. The Hall–Kier alpha value is -1.35.